The molecule has 3 heterocycles. The van der Waals surface area contributed by atoms with Crippen molar-refractivity contribution in [1.29, 1.82) is 0 Å². The molecule has 0 amide bonds. The minimum absolute atomic E-state index is 0.0888. The lowest BCUT2D eigenvalue weighted by molar-refractivity contribution is -0.142. The van der Waals surface area contributed by atoms with Crippen LogP contribution in [0.2, 0.25) is 10.0 Å². The van der Waals surface area contributed by atoms with Gasteiger partial charge in [0.05, 0.1) is 21.9 Å². The summed E-state index contributed by atoms with van der Waals surface area (Å²) in [6.07, 6.45) is -3.25. The van der Waals surface area contributed by atoms with Gasteiger partial charge in [-0.15, -0.1) is 0 Å². The predicted octanol–water partition coefficient (Wildman–Crippen LogP) is 6.40. The SMILES string of the molecule is Cc1cc(-c2cnn3c(C(F)(F)F)cc(-c4ccc(Cl)c(Cl)c4)nc23)cc(C)n1. The van der Waals surface area contributed by atoms with E-state index in [0.29, 0.717) is 21.7 Å². The molecule has 9 heteroatoms. The van der Waals surface area contributed by atoms with E-state index >= 15 is 0 Å². The number of aryl methyl sites for hydroxylation is 2. The maximum absolute atomic E-state index is 13.8. The summed E-state index contributed by atoms with van der Waals surface area (Å²) >= 11 is 12.0. The summed E-state index contributed by atoms with van der Waals surface area (Å²) in [6, 6.07) is 9.09. The molecule has 1 aromatic carbocycles. The van der Waals surface area contributed by atoms with Crippen LogP contribution in [0.5, 0.6) is 0 Å². The van der Waals surface area contributed by atoms with Gasteiger partial charge in [0.2, 0.25) is 0 Å². The van der Waals surface area contributed by atoms with Gasteiger partial charge < -0.3 is 0 Å². The highest BCUT2D eigenvalue weighted by Gasteiger charge is 2.35. The van der Waals surface area contributed by atoms with Gasteiger partial charge in [0.1, 0.15) is 0 Å². The van der Waals surface area contributed by atoms with E-state index in [-0.39, 0.29) is 16.4 Å². The average molecular weight is 437 g/mol. The van der Waals surface area contributed by atoms with Crippen molar-refractivity contribution in [2.24, 2.45) is 0 Å². The minimum Gasteiger partial charge on any atom is -0.258 e. The Morgan fingerprint density at radius 2 is 1.55 bits per heavy atom. The second-order valence-corrected chi connectivity index (χ2v) is 7.40. The van der Waals surface area contributed by atoms with Crippen molar-refractivity contribution in [3.8, 4) is 22.4 Å². The number of aromatic nitrogens is 4. The predicted molar refractivity (Wildman–Crippen MR) is 106 cm³/mol. The number of nitrogens with zero attached hydrogens (tertiary/aromatic N) is 4. The smallest absolute Gasteiger partial charge is 0.258 e. The van der Waals surface area contributed by atoms with Crippen LogP contribution >= 0.6 is 23.2 Å². The molecule has 148 valence electrons. The number of pyridine rings is 1. The van der Waals surface area contributed by atoms with Gasteiger partial charge in [-0.2, -0.15) is 18.3 Å². The van der Waals surface area contributed by atoms with Crippen molar-refractivity contribution >= 4 is 28.8 Å². The van der Waals surface area contributed by atoms with Crippen LogP contribution in [0, 0.1) is 13.8 Å². The maximum atomic E-state index is 13.8. The molecule has 3 aromatic heterocycles. The van der Waals surface area contributed by atoms with Crippen molar-refractivity contribution in [3.63, 3.8) is 0 Å². The first-order valence-corrected chi connectivity index (χ1v) is 9.26. The molecule has 4 nitrogen and oxygen atoms in total. The van der Waals surface area contributed by atoms with Gasteiger partial charge in [-0.3, -0.25) is 4.98 Å². The van der Waals surface area contributed by atoms with Crippen molar-refractivity contribution in [3.05, 3.63) is 69.7 Å². The van der Waals surface area contributed by atoms with Crippen molar-refractivity contribution in [1.82, 2.24) is 19.6 Å². The van der Waals surface area contributed by atoms with Crippen LogP contribution in [-0.2, 0) is 6.18 Å². The zero-order valence-electron chi connectivity index (χ0n) is 15.2. The van der Waals surface area contributed by atoms with Gasteiger partial charge in [-0.1, -0.05) is 29.3 Å². The van der Waals surface area contributed by atoms with Gasteiger partial charge in [0, 0.05) is 22.5 Å². The van der Waals surface area contributed by atoms with Gasteiger partial charge in [0.25, 0.3) is 0 Å². The zero-order chi connectivity index (χ0) is 20.9. The second-order valence-electron chi connectivity index (χ2n) is 6.59. The molecule has 0 aliphatic heterocycles. The molecule has 0 spiro atoms. The summed E-state index contributed by atoms with van der Waals surface area (Å²) < 4.78 is 42.1. The molecule has 0 aliphatic rings. The Morgan fingerprint density at radius 1 is 0.862 bits per heavy atom. The Morgan fingerprint density at radius 3 is 2.17 bits per heavy atom. The highest BCUT2D eigenvalue weighted by molar-refractivity contribution is 6.42. The molecule has 0 bridgehead atoms. The fraction of sp³-hybridized carbons (Fsp3) is 0.150. The third kappa shape index (κ3) is 3.68. The Balaban J connectivity index is 2.02. The first-order valence-electron chi connectivity index (χ1n) is 8.50. The van der Waals surface area contributed by atoms with Crippen LogP contribution in [-0.4, -0.2) is 19.6 Å². The molecule has 0 aliphatic carbocycles. The fourth-order valence-corrected chi connectivity index (χ4v) is 3.46. The number of alkyl halides is 3. The number of halogens is 5. The Kier molecular flexibility index (Phi) is 4.75. The molecule has 0 fully saturated rings. The molecule has 0 saturated heterocycles. The summed E-state index contributed by atoms with van der Waals surface area (Å²) in [5, 5.41) is 4.49. The van der Waals surface area contributed by atoms with Gasteiger partial charge in [-0.25, -0.2) is 9.50 Å². The highest BCUT2D eigenvalue weighted by Crippen LogP contribution is 2.36. The van der Waals surface area contributed by atoms with E-state index in [9.17, 15) is 13.2 Å². The van der Waals surface area contributed by atoms with E-state index in [1.807, 2.05) is 13.8 Å². The number of hydrogen-bond donors (Lipinski definition) is 0. The van der Waals surface area contributed by atoms with E-state index < -0.39 is 11.9 Å². The van der Waals surface area contributed by atoms with Crippen LogP contribution in [0.1, 0.15) is 17.1 Å². The first-order chi connectivity index (χ1) is 13.6. The highest BCUT2D eigenvalue weighted by atomic mass is 35.5. The normalized spacial score (nSPS) is 12.0. The largest absolute Gasteiger partial charge is 0.433 e. The Labute approximate surface area is 173 Å². The lowest BCUT2D eigenvalue weighted by atomic mass is 10.1. The van der Waals surface area contributed by atoms with E-state index in [1.54, 1.807) is 18.2 Å². The summed E-state index contributed by atoms with van der Waals surface area (Å²) in [5.41, 5.74) is 2.35. The first kappa shape index (κ1) is 19.7. The molecule has 0 radical (unpaired) electrons. The van der Waals surface area contributed by atoms with E-state index in [0.717, 1.165) is 22.0 Å². The van der Waals surface area contributed by atoms with E-state index in [4.69, 9.17) is 23.2 Å². The quantitative estimate of drug-likeness (QED) is 0.365. The molecule has 0 unspecified atom stereocenters. The molecular weight excluding hydrogens is 424 g/mol. The van der Waals surface area contributed by atoms with Crippen LogP contribution in [0.15, 0.2) is 42.6 Å². The van der Waals surface area contributed by atoms with Gasteiger partial charge >= 0.3 is 6.18 Å². The van der Waals surface area contributed by atoms with E-state index in [2.05, 4.69) is 15.1 Å². The third-order valence-corrected chi connectivity index (χ3v) is 5.11. The van der Waals surface area contributed by atoms with E-state index in [1.165, 1.54) is 18.3 Å². The lowest BCUT2D eigenvalue weighted by Gasteiger charge is -2.12. The van der Waals surface area contributed by atoms with Crippen molar-refractivity contribution < 1.29 is 13.2 Å². The van der Waals surface area contributed by atoms with Gasteiger partial charge in [0.15, 0.2) is 11.3 Å². The molecular formula is C20H13Cl2F3N4. The topological polar surface area (TPSA) is 43.1 Å². The molecule has 4 rings (SSSR count). The summed E-state index contributed by atoms with van der Waals surface area (Å²) in [4.78, 5) is 8.77. The van der Waals surface area contributed by atoms with Crippen molar-refractivity contribution in [2.45, 2.75) is 20.0 Å². The minimum atomic E-state index is -4.63. The zero-order valence-corrected chi connectivity index (χ0v) is 16.7. The van der Waals surface area contributed by atoms with Gasteiger partial charge in [-0.05, 0) is 49.7 Å². The number of benzene rings is 1. The Bertz CT molecular complexity index is 1230. The number of hydrogen-bond acceptors (Lipinski definition) is 3. The molecule has 0 N–H and O–H groups in total. The third-order valence-electron chi connectivity index (χ3n) is 4.37. The van der Waals surface area contributed by atoms with Crippen LogP contribution in [0.4, 0.5) is 13.2 Å². The van der Waals surface area contributed by atoms with Crippen LogP contribution < -0.4 is 0 Å². The standard InChI is InChI=1S/C20H13Cl2F3N4/c1-10-5-13(6-11(2)27-10)14-9-26-29-18(20(23,24)25)8-17(28-19(14)29)12-3-4-15(21)16(22)7-12/h3-9H,1-2H3. The summed E-state index contributed by atoms with van der Waals surface area (Å²) in [7, 11) is 0. The lowest BCUT2D eigenvalue weighted by Crippen LogP contribution is -2.13. The summed E-state index contributed by atoms with van der Waals surface area (Å²) in [6.45, 7) is 3.63. The monoisotopic (exact) mass is 436 g/mol. The average Bonchev–Trinajstić information content (AvgIpc) is 3.05. The molecule has 4 aromatic rings. The molecule has 0 saturated carbocycles. The fourth-order valence-electron chi connectivity index (χ4n) is 3.16. The molecule has 29 heavy (non-hydrogen) atoms. The Hall–Kier alpha value is -2.64. The molecule has 0 atom stereocenters. The summed E-state index contributed by atoms with van der Waals surface area (Å²) in [5.74, 6) is 0. The van der Waals surface area contributed by atoms with Crippen molar-refractivity contribution in [2.75, 3.05) is 0 Å². The van der Waals surface area contributed by atoms with Crippen LogP contribution in [0.25, 0.3) is 28.0 Å². The second kappa shape index (κ2) is 7.00. The number of fused-ring (bicyclic) bond motifs is 1. The van der Waals surface area contributed by atoms with Crippen LogP contribution in [0.3, 0.4) is 0 Å². The number of rotatable bonds is 2. The maximum Gasteiger partial charge on any atom is 0.433 e.